The van der Waals surface area contributed by atoms with E-state index in [9.17, 15) is 0 Å². The van der Waals surface area contributed by atoms with Gasteiger partial charge in [0.1, 0.15) is 18.4 Å². The van der Waals surface area contributed by atoms with Crippen molar-refractivity contribution >= 4 is 0 Å². The fraction of sp³-hybridized carbons (Fsp3) is 0.595. The second-order valence-electron chi connectivity index (χ2n) is 12.1. The van der Waals surface area contributed by atoms with Crippen LogP contribution in [0.25, 0.3) is 0 Å². The van der Waals surface area contributed by atoms with Gasteiger partial charge in [-0.15, -0.1) is 0 Å². The molecule has 1 heterocycles. The van der Waals surface area contributed by atoms with Crippen molar-refractivity contribution < 1.29 is 4.57 Å². The minimum absolute atomic E-state index is 0.0176. The maximum atomic E-state index is 2.55. The number of unbranched alkanes of at least 4 members (excludes halogenated alkanes) is 12. The van der Waals surface area contributed by atoms with E-state index < -0.39 is 0 Å². The van der Waals surface area contributed by atoms with E-state index >= 15 is 0 Å². The van der Waals surface area contributed by atoms with Crippen molar-refractivity contribution in [3.63, 3.8) is 0 Å². The van der Waals surface area contributed by atoms with Crippen molar-refractivity contribution in [2.75, 3.05) is 0 Å². The van der Waals surface area contributed by atoms with Gasteiger partial charge >= 0.3 is 0 Å². The Bertz CT molecular complexity index is 993. The molecule has 0 radical (unpaired) electrons. The Morgan fingerprint density at radius 1 is 0.667 bits per heavy atom. The van der Waals surface area contributed by atoms with Gasteiger partial charge in [-0.3, -0.25) is 0 Å². The highest BCUT2D eigenvalue weighted by atomic mass is 15.1. The molecule has 2 heteroatoms. The molecular formula is C37H57N2+. The zero-order valence-electron chi connectivity index (χ0n) is 25.5. The molecule has 2 unspecified atom stereocenters. The molecule has 3 aromatic rings. The van der Waals surface area contributed by atoms with Crippen LogP contribution in [0.1, 0.15) is 134 Å². The number of aromatic nitrogens is 2. The number of hydrogen-bond acceptors (Lipinski definition) is 0. The third-order valence-electron chi connectivity index (χ3n) is 8.76. The van der Waals surface area contributed by atoms with E-state index in [0.29, 0.717) is 6.04 Å². The minimum Gasteiger partial charge on any atom is -0.237 e. The molecule has 0 aliphatic heterocycles. The first-order valence-electron chi connectivity index (χ1n) is 16.3. The van der Waals surface area contributed by atoms with Crippen LogP contribution >= 0.6 is 0 Å². The van der Waals surface area contributed by atoms with Crippen LogP contribution in [0.15, 0.2) is 79.4 Å². The van der Waals surface area contributed by atoms with Gasteiger partial charge in [0.05, 0.1) is 6.54 Å². The molecule has 0 spiro atoms. The van der Waals surface area contributed by atoms with Crippen LogP contribution < -0.4 is 4.57 Å². The van der Waals surface area contributed by atoms with Crippen LogP contribution in [0, 0.1) is 0 Å². The van der Waals surface area contributed by atoms with Gasteiger partial charge < -0.3 is 0 Å². The molecule has 0 fully saturated rings. The molecule has 0 amide bonds. The Labute approximate surface area is 240 Å². The summed E-state index contributed by atoms with van der Waals surface area (Å²) in [5.74, 6) is 0. The molecule has 1 aromatic heterocycles. The van der Waals surface area contributed by atoms with E-state index in [1.807, 2.05) is 0 Å². The molecule has 0 aliphatic rings. The summed E-state index contributed by atoms with van der Waals surface area (Å²) in [4.78, 5) is 0. The van der Waals surface area contributed by atoms with Crippen LogP contribution in [-0.4, -0.2) is 4.57 Å². The molecule has 0 N–H and O–H groups in total. The van der Waals surface area contributed by atoms with Gasteiger partial charge in [-0.05, 0) is 43.2 Å². The molecule has 3 rings (SSSR count). The van der Waals surface area contributed by atoms with Gasteiger partial charge in [-0.2, -0.15) is 0 Å². The fourth-order valence-electron chi connectivity index (χ4n) is 6.32. The molecule has 39 heavy (non-hydrogen) atoms. The van der Waals surface area contributed by atoms with Gasteiger partial charge in [0, 0.05) is 5.41 Å². The third kappa shape index (κ3) is 10.6. The monoisotopic (exact) mass is 529 g/mol. The number of nitrogens with zero attached hydrogens (tertiary/aromatic N) is 2. The predicted octanol–water partition coefficient (Wildman–Crippen LogP) is 10.4. The van der Waals surface area contributed by atoms with E-state index in [1.54, 1.807) is 0 Å². The Morgan fingerprint density at radius 3 is 1.82 bits per heavy atom. The highest BCUT2D eigenvalue weighted by Gasteiger charge is 2.40. The maximum Gasteiger partial charge on any atom is 0.244 e. The summed E-state index contributed by atoms with van der Waals surface area (Å²) in [7, 11) is 0. The van der Waals surface area contributed by atoms with Crippen molar-refractivity contribution in [3.8, 4) is 0 Å². The van der Waals surface area contributed by atoms with Gasteiger partial charge in [-0.25, -0.2) is 9.13 Å². The van der Waals surface area contributed by atoms with Crippen molar-refractivity contribution in [2.45, 2.75) is 142 Å². The van der Waals surface area contributed by atoms with Gasteiger partial charge in [0.2, 0.25) is 6.33 Å². The lowest BCUT2D eigenvalue weighted by Gasteiger charge is -2.37. The Hall–Kier alpha value is -2.35. The third-order valence-corrected chi connectivity index (χ3v) is 8.76. The normalized spacial score (nSPS) is 13.8. The van der Waals surface area contributed by atoms with Crippen molar-refractivity contribution in [3.05, 3.63) is 90.5 Å². The zero-order valence-corrected chi connectivity index (χ0v) is 25.5. The Balaban J connectivity index is 1.61. The molecule has 0 aliphatic carbocycles. The van der Waals surface area contributed by atoms with Crippen LogP contribution in [0.4, 0.5) is 0 Å². The summed E-state index contributed by atoms with van der Waals surface area (Å²) >= 11 is 0. The summed E-state index contributed by atoms with van der Waals surface area (Å²) < 4.78 is 4.98. The second-order valence-corrected chi connectivity index (χ2v) is 12.1. The number of aryl methyl sites for hydroxylation is 1. The van der Waals surface area contributed by atoms with Gasteiger partial charge in [0.25, 0.3) is 0 Å². The SMILES string of the molecule is CCCCCCCCCCCCC[n+]1ccn(C(CCCCC)C(C)(Cc2ccccc2)c2ccccc2)c1. The Morgan fingerprint density at radius 2 is 1.21 bits per heavy atom. The van der Waals surface area contributed by atoms with Crippen LogP contribution in [0.3, 0.4) is 0 Å². The average Bonchev–Trinajstić information content (AvgIpc) is 3.43. The molecular weight excluding hydrogens is 472 g/mol. The number of imidazole rings is 1. The lowest BCUT2D eigenvalue weighted by Crippen LogP contribution is -2.38. The summed E-state index contributed by atoms with van der Waals surface area (Å²) in [5, 5.41) is 0. The summed E-state index contributed by atoms with van der Waals surface area (Å²) in [6.45, 7) is 8.24. The van der Waals surface area contributed by atoms with Crippen molar-refractivity contribution in [1.82, 2.24) is 4.57 Å². The largest absolute Gasteiger partial charge is 0.244 e. The van der Waals surface area contributed by atoms with E-state index in [4.69, 9.17) is 0 Å². The molecule has 2 nitrogen and oxygen atoms in total. The molecule has 2 atom stereocenters. The van der Waals surface area contributed by atoms with E-state index in [-0.39, 0.29) is 5.41 Å². The van der Waals surface area contributed by atoms with E-state index in [0.717, 1.165) is 13.0 Å². The number of hydrogen-bond donors (Lipinski definition) is 0. The van der Waals surface area contributed by atoms with Crippen molar-refractivity contribution in [1.29, 1.82) is 0 Å². The summed E-state index contributed by atoms with van der Waals surface area (Å²) in [6.07, 6.45) is 28.5. The van der Waals surface area contributed by atoms with Crippen LogP contribution in [0.5, 0.6) is 0 Å². The second kappa shape index (κ2) is 18.1. The highest BCUT2D eigenvalue weighted by Crippen LogP contribution is 2.41. The van der Waals surface area contributed by atoms with Crippen LogP contribution in [-0.2, 0) is 18.4 Å². The number of rotatable bonds is 21. The maximum absolute atomic E-state index is 2.55. The molecule has 0 saturated heterocycles. The van der Waals surface area contributed by atoms with E-state index in [2.05, 4.69) is 109 Å². The first-order chi connectivity index (χ1) is 19.2. The topological polar surface area (TPSA) is 8.81 Å². The smallest absolute Gasteiger partial charge is 0.237 e. The van der Waals surface area contributed by atoms with Crippen LogP contribution in [0.2, 0.25) is 0 Å². The quantitative estimate of drug-likeness (QED) is 0.0958. The van der Waals surface area contributed by atoms with Gasteiger partial charge in [0.15, 0.2) is 0 Å². The summed E-state index contributed by atoms with van der Waals surface area (Å²) in [5.41, 5.74) is 2.88. The Kier molecular flexibility index (Phi) is 14.5. The van der Waals surface area contributed by atoms with Crippen molar-refractivity contribution in [2.24, 2.45) is 0 Å². The first-order valence-corrected chi connectivity index (χ1v) is 16.3. The zero-order chi connectivity index (χ0) is 27.6. The fourth-order valence-corrected chi connectivity index (χ4v) is 6.32. The molecule has 214 valence electrons. The number of benzene rings is 2. The molecule has 0 saturated carbocycles. The molecule has 0 bridgehead atoms. The van der Waals surface area contributed by atoms with Gasteiger partial charge in [-0.1, -0.05) is 152 Å². The predicted molar refractivity (Wildman–Crippen MR) is 168 cm³/mol. The molecule has 2 aromatic carbocycles. The summed E-state index contributed by atoms with van der Waals surface area (Å²) in [6, 6.07) is 22.8. The average molecular weight is 530 g/mol. The minimum atomic E-state index is 0.0176. The highest BCUT2D eigenvalue weighted by molar-refractivity contribution is 5.30. The lowest BCUT2D eigenvalue weighted by atomic mass is 9.70. The van der Waals surface area contributed by atoms with E-state index in [1.165, 1.54) is 107 Å². The first kappa shape index (κ1) is 31.2. The standard InChI is InChI=1S/C37H57N2/c1-4-6-8-9-10-11-12-13-14-15-23-29-38-30-31-39(33-38)36(28-18-7-5-2)37(3,35-26-21-17-22-27-35)32-34-24-19-16-20-25-34/h16-17,19-22,24-27,30-31,33,36H,4-15,18,23,28-29,32H2,1-3H3/q+1. The lowest BCUT2D eigenvalue weighted by molar-refractivity contribution is -0.697.